The van der Waals surface area contributed by atoms with Crippen molar-refractivity contribution in [3.63, 3.8) is 0 Å². The van der Waals surface area contributed by atoms with Crippen LogP contribution in [0.4, 0.5) is 5.69 Å². The highest BCUT2D eigenvalue weighted by atomic mass is 15.3. The first-order valence-corrected chi connectivity index (χ1v) is 8.51. The molecule has 130 valence electrons. The van der Waals surface area contributed by atoms with Crippen molar-refractivity contribution in [3.05, 3.63) is 66.0 Å². The molecule has 0 fully saturated rings. The highest BCUT2D eigenvalue weighted by Crippen LogP contribution is 2.21. The minimum absolute atomic E-state index is 0.699. The molecule has 0 amide bonds. The molecule has 4 aromatic rings. The Kier molecular flexibility index (Phi) is 4.27. The van der Waals surface area contributed by atoms with Crippen LogP contribution in [0.25, 0.3) is 16.9 Å². The van der Waals surface area contributed by atoms with Gasteiger partial charge in [0.1, 0.15) is 12.2 Å². The number of aromatic nitrogens is 6. The van der Waals surface area contributed by atoms with Gasteiger partial charge in [-0.25, -0.2) is 9.97 Å². The van der Waals surface area contributed by atoms with Gasteiger partial charge in [0.05, 0.1) is 17.1 Å². The van der Waals surface area contributed by atoms with Crippen LogP contribution in [0.15, 0.2) is 48.9 Å². The van der Waals surface area contributed by atoms with Gasteiger partial charge in [-0.15, -0.1) is 10.2 Å². The lowest BCUT2D eigenvalue weighted by Gasteiger charge is -2.12. The van der Waals surface area contributed by atoms with Gasteiger partial charge >= 0.3 is 0 Å². The van der Waals surface area contributed by atoms with Gasteiger partial charge in [-0.1, -0.05) is 30.3 Å². The zero-order valence-corrected chi connectivity index (χ0v) is 14.7. The molecule has 0 aliphatic carbocycles. The maximum atomic E-state index is 4.67. The molecule has 1 aromatic carbocycles. The molecule has 0 saturated carbocycles. The van der Waals surface area contributed by atoms with Crippen LogP contribution in [0.5, 0.6) is 0 Å². The number of fused-ring (bicyclic) bond motifs is 1. The van der Waals surface area contributed by atoms with Crippen molar-refractivity contribution in [1.82, 2.24) is 29.8 Å². The lowest BCUT2D eigenvalue weighted by molar-refractivity contribution is 0.870. The van der Waals surface area contributed by atoms with E-state index in [2.05, 4.69) is 42.7 Å². The fraction of sp³-hybridized carbons (Fsp3) is 0.211. The Bertz CT molecular complexity index is 1040. The number of nitrogens with zero attached hydrogens (tertiary/aromatic N) is 6. The van der Waals surface area contributed by atoms with E-state index >= 15 is 0 Å². The Labute approximate surface area is 151 Å². The summed E-state index contributed by atoms with van der Waals surface area (Å²) in [6.07, 6.45) is 4.13. The third-order valence-corrected chi connectivity index (χ3v) is 4.35. The molecule has 0 unspecified atom stereocenters. The first-order chi connectivity index (χ1) is 12.7. The van der Waals surface area contributed by atoms with E-state index in [0.717, 1.165) is 39.7 Å². The summed E-state index contributed by atoms with van der Waals surface area (Å²) in [5.74, 6) is 0.805. The molecule has 0 aliphatic heterocycles. The topological polar surface area (TPSA) is 80.9 Å². The van der Waals surface area contributed by atoms with Gasteiger partial charge in [-0.05, 0) is 25.5 Å². The summed E-state index contributed by atoms with van der Waals surface area (Å²) >= 11 is 0. The molecular weight excluding hydrogens is 326 g/mol. The average Bonchev–Trinajstić information content (AvgIpc) is 3.14. The lowest BCUT2D eigenvalue weighted by Crippen LogP contribution is -2.11. The zero-order chi connectivity index (χ0) is 17.9. The molecule has 0 saturated heterocycles. The zero-order valence-electron chi connectivity index (χ0n) is 14.7. The van der Waals surface area contributed by atoms with E-state index in [0.29, 0.717) is 13.0 Å². The predicted molar refractivity (Wildman–Crippen MR) is 99.9 cm³/mol. The number of aryl methyl sites for hydroxylation is 1. The Morgan fingerprint density at radius 1 is 1.08 bits per heavy atom. The summed E-state index contributed by atoms with van der Waals surface area (Å²) in [7, 11) is 0. The standard InChI is InChI=1S/C19H19N7/c1-13-14(2)25-26-12-22-24-19(26)18(13)21-11-9-17-20-10-8-16(23-17)15-6-4-3-5-7-15/h3-8,10,12,21H,9,11H2,1-2H3. The Morgan fingerprint density at radius 2 is 1.92 bits per heavy atom. The highest BCUT2D eigenvalue weighted by Gasteiger charge is 2.11. The van der Waals surface area contributed by atoms with Gasteiger partial charge in [-0.3, -0.25) is 0 Å². The van der Waals surface area contributed by atoms with Crippen LogP contribution in [-0.2, 0) is 6.42 Å². The number of hydrogen-bond donors (Lipinski definition) is 1. The largest absolute Gasteiger partial charge is 0.381 e. The maximum absolute atomic E-state index is 4.67. The van der Waals surface area contributed by atoms with Crippen LogP contribution >= 0.6 is 0 Å². The molecule has 4 rings (SSSR count). The van der Waals surface area contributed by atoms with Crippen molar-refractivity contribution in [2.45, 2.75) is 20.3 Å². The molecule has 26 heavy (non-hydrogen) atoms. The predicted octanol–water partition coefficient (Wildman–Crippen LogP) is 2.85. The van der Waals surface area contributed by atoms with Crippen molar-refractivity contribution in [2.75, 3.05) is 11.9 Å². The van der Waals surface area contributed by atoms with Crippen LogP contribution in [0.3, 0.4) is 0 Å². The molecule has 3 heterocycles. The number of hydrogen-bond acceptors (Lipinski definition) is 6. The smallest absolute Gasteiger partial charge is 0.200 e. The summed E-state index contributed by atoms with van der Waals surface area (Å²) in [4.78, 5) is 9.06. The van der Waals surface area contributed by atoms with E-state index < -0.39 is 0 Å². The third kappa shape index (κ3) is 3.11. The Balaban J connectivity index is 1.51. The third-order valence-electron chi connectivity index (χ3n) is 4.35. The summed E-state index contributed by atoms with van der Waals surface area (Å²) < 4.78 is 1.69. The second-order valence-corrected chi connectivity index (χ2v) is 6.09. The first kappa shape index (κ1) is 16.1. The molecule has 0 atom stereocenters. The average molecular weight is 345 g/mol. The highest BCUT2D eigenvalue weighted by molar-refractivity contribution is 5.71. The first-order valence-electron chi connectivity index (χ1n) is 8.51. The summed E-state index contributed by atoms with van der Waals surface area (Å²) in [6.45, 7) is 4.71. The second kappa shape index (κ2) is 6.87. The fourth-order valence-electron chi connectivity index (χ4n) is 2.85. The number of nitrogens with one attached hydrogen (secondary N) is 1. The van der Waals surface area contributed by atoms with Crippen LogP contribution in [0, 0.1) is 13.8 Å². The molecule has 0 bridgehead atoms. The van der Waals surface area contributed by atoms with Gasteiger partial charge in [-0.2, -0.15) is 9.61 Å². The van der Waals surface area contributed by atoms with Crippen LogP contribution in [0.2, 0.25) is 0 Å². The Hall–Kier alpha value is -3.35. The SMILES string of the molecule is Cc1nn2cnnc2c(NCCc2nccc(-c3ccccc3)n2)c1C. The van der Waals surface area contributed by atoms with Gasteiger partial charge in [0.25, 0.3) is 0 Å². The van der Waals surface area contributed by atoms with Crippen molar-refractivity contribution < 1.29 is 0 Å². The quantitative estimate of drug-likeness (QED) is 0.599. The van der Waals surface area contributed by atoms with E-state index in [1.807, 2.05) is 44.3 Å². The maximum Gasteiger partial charge on any atom is 0.200 e. The van der Waals surface area contributed by atoms with Gasteiger partial charge in [0.15, 0.2) is 0 Å². The van der Waals surface area contributed by atoms with E-state index in [1.165, 1.54) is 0 Å². The number of benzene rings is 1. The van der Waals surface area contributed by atoms with E-state index in [-0.39, 0.29) is 0 Å². The summed E-state index contributed by atoms with van der Waals surface area (Å²) in [5.41, 5.74) is 5.73. The molecular formula is C19H19N7. The lowest BCUT2D eigenvalue weighted by atomic mass is 10.1. The molecule has 0 spiro atoms. The minimum Gasteiger partial charge on any atom is -0.381 e. The molecule has 7 heteroatoms. The van der Waals surface area contributed by atoms with Gasteiger partial charge in [0.2, 0.25) is 5.65 Å². The molecule has 1 N–H and O–H groups in total. The molecule has 0 radical (unpaired) electrons. The monoisotopic (exact) mass is 345 g/mol. The normalized spacial score (nSPS) is 11.0. The number of rotatable bonds is 5. The van der Waals surface area contributed by atoms with E-state index in [9.17, 15) is 0 Å². The van der Waals surface area contributed by atoms with Crippen molar-refractivity contribution in [3.8, 4) is 11.3 Å². The Morgan fingerprint density at radius 3 is 2.77 bits per heavy atom. The number of anilines is 1. The van der Waals surface area contributed by atoms with Crippen LogP contribution in [0.1, 0.15) is 17.1 Å². The fourth-order valence-corrected chi connectivity index (χ4v) is 2.85. The molecule has 0 aliphatic rings. The van der Waals surface area contributed by atoms with Gasteiger partial charge < -0.3 is 5.32 Å². The van der Waals surface area contributed by atoms with Crippen molar-refractivity contribution in [2.24, 2.45) is 0 Å². The van der Waals surface area contributed by atoms with Gasteiger partial charge in [0, 0.05) is 24.7 Å². The van der Waals surface area contributed by atoms with Crippen LogP contribution < -0.4 is 5.32 Å². The van der Waals surface area contributed by atoms with Crippen molar-refractivity contribution in [1.29, 1.82) is 0 Å². The molecule has 7 nitrogen and oxygen atoms in total. The van der Waals surface area contributed by atoms with E-state index in [4.69, 9.17) is 0 Å². The van der Waals surface area contributed by atoms with Crippen molar-refractivity contribution >= 4 is 11.3 Å². The van der Waals surface area contributed by atoms with E-state index in [1.54, 1.807) is 10.8 Å². The minimum atomic E-state index is 0.699. The summed E-state index contributed by atoms with van der Waals surface area (Å²) in [6, 6.07) is 12.1. The summed E-state index contributed by atoms with van der Waals surface area (Å²) in [5, 5.41) is 16.0. The molecule has 3 aromatic heterocycles. The van der Waals surface area contributed by atoms with Crippen LogP contribution in [-0.4, -0.2) is 36.3 Å². The second-order valence-electron chi connectivity index (χ2n) is 6.09.